The molecule has 0 bridgehead atoms. The molecule has 2 aromatic carbocycles. The molecule has 0 unspecified atom stereocenters. The van der Waals surface area contributed by atoms with E-state index < -0.39 is 15.6 Å². The Labute approximate surface area is 212 Å². The van der Waals surface area contributed by atoms with Gasteiger partial charge in [-0.25, -0.2) is 13.1 Å². The van der Waals surface area contributed by atoms with Crippen LogP contribution in [-0.2, 0) is 26.0 Å². The molecule has 34 heavy (non-hydrogen) atoms. The summed E-state index contributed by atoms with van der Waals surface area (Å²) in [4.78, 5) is 2.37. The molecule has 0 fully saturated rings. The number of benzene rings is 2. The first-order valence-electron chi connectivity index (χ1n) is 11.2. The zero-order valence-corrected chi connectivity index (χ0v) is 22.1. The summed E-state index contributed by atoms with van der Waals surface area (Å²) in [7, 11) is -1.76. The normalized spacial score (nSPS) is 17.1. The molecule has 0 amide bonds. The van der Waals surface area contributed by atoms with Crippen LogP contribution in [0.5, 0.6) is 0 Å². The molecule has 7 nitrogen and oxygen atoms in total. The zero-order valence-electron chi connectivity index (χ0n) is 19.8. The number of nitrogens with zero attached hydrogens (tertiary/aromatic N) is 1. The molecule has 1 heterocycles. The van der Waals surface area contributed by atoms with Crippen LogP contribution in [0.2, 0.25) is 10.0 Å². The second-order valence-corrected chi connectivity index (χ2v) is 11.7. The summed E-state index contributed by atoms with van der Waals surface area (Å²) < 4.78 is 40.1. The van der Waals surface area contributed by atoms with E-state index in [4.69, 9.17) is 38.4 Å². The smallest absolute Gasteiger partial charge is 0.241 e. The zero-order chi connectivity index (χ0) is 24.9. The Kier molecular flexibility index (Phi) is 9.39. The SMILES string of the molecule is CN1Cc2c(Cl)cc(Cl)cc2[C@H](c2cccc(S(=O)(=O)NC(C)(C)COCCOCCN)c2)C1. The fourth-order valence-corrected chi connectivity index (χ4v) is 6.13. The highest BCUT2D eigenvalue weighted by Gasteiger charge is 2.30. The molecule has 0 aromatic heterocycles. The molecule has 2 aromatic rings. The number of fused-ring (bicyclic) bond motifs is 1. The summed E-state index contributed by atoms with van der Waals surface area (Å²) in [5, 5.41) is 1.19. The van der Waals surface area contributed by atoms with E-state index in [-0.39, 0.29) is 17.4 Å². The highest BCUT2D eigenvalue weighted by molar-refractivity contribution is 7.89. The van der Waals surface area contributed by atoms with Crippen LogP contribution in [0, 0.1) is 0 Å². The van der Waals surface area contributed by atoms with Crippen LogP contribution in [0.1, 0.15) is 36.5 Å². The number of rotatable bonds is 11. The summed E-state index contributed by atoms with van der Waals surface area (Å²) in [6, 6.07) is 10.7. The van der Waals surface area contributed by atoms with Gasteiger partial charge in [-0.15, -0.1) is 0 Å². The minimum atomic E-state index is -3.78. The maximum atomic E-state index is 13.2. The van der Waals surface area contributed by atoms with Gasteiger partial charge < -0.3 is 20.1 Å². The summed E-state index contributed by atoms with van der Waals surface area (Å²) in [6.07, 6.45) is 0. The van der Waals surface area contributed by atoms with Crippen molar-refractivity contribution in [3.8, 4) is 0 Å². The first-order valence-corrected chi connectivity index (χ1v) is 13.4. The summed E-state index contributed by atoms with van der Waals surface area (Å²) in [5.74, 6) is -0.0510. The van der Waals surface area contributed by atoms with Gasteiger partial charge >= 0.3 is 0 Å². The van der Waals surface area contributed by atoms with E-state index in [9.17, 15) is 8.42 Å². The van der Waals surface area contributed by atoms with Crippen LogP contribution in [-0.4, -0.2) is 65.4 Å². The lowest BCUT2D eigenvalue weighted by Gasteiger charge is -2.33. The van der Waals surface area contributed by atoms with Gasteiger partial charge in [-0.2, -0.15) is 0 Å². The molecular weight excluding hydrogens is 497 g/mol. The van der Waals surface area contributed by atoms with Crippen molar-refractivity contribution in [1.29, 1.82) is 0 Å². The van der Waals surface area contributed by atoms with Crippen molar-refractivity contribution in [3.05, 3.63) is 63.1 Å². The topological polar surface area (TPSA) is 93.9 Å². The number of likely N-dealkylation sites (N-methyl/N-ethyl adjacent to an activating group) is 1. The lowest BCUT2D eigenvalue weighted by Crippen LogP contribution is -2.47. The fraction of sp³-hybridized carbons (Fsp3) is 0.500. The Hall–Kier alpha value is -1.23. The predicted octanol–water partition coefficient (Wildman–Crippen LogP) is 3.62. The molecule has 0 aliphatic carbocycles. The van der Waals surface area contributed by atoms with Gasteiger partial charge in [0.05, 0.1) is 36.9 Å². The average molecular weight is 531 g/mol. The lowest BCUT2D eigenvalue weighted by molar-refractivity contribution is 0.0323. The number of hydrogen-bond acceptors (Lipinski definition) is 6. The van der Waals surface area contributed by atoms with Gasteiger partial charge in [0.1, 0.15) is 0 Å². The maximum Gasteiger partial charge on any atom is 0.241 e. The molecule has 188 valence electrons. The minimum Gasteiger partial charge on any atom is -0.378 e. The van der Waals surface area contributed by atoms with Gasteiger partial charge in [-0.1, -0.05) is 35.3 Å². The molecule has 0 spiro atoms. The van der Waals surface area contributed by atoms with E-state index in [2.05, 4.69) is 9.62 Å². The van der Waals surface area contributed by atoms with E-state index in [1.54, 1.807) is 38.1 Å². The van der Waals surface area contributed by atoms with E-state index in [0.717, 1.165) is 23.2 Å². The molecule has 1 aliphatic rings. The molecule has 0 radical (unpaired) electrons. The monoisotopic (exact) mass is 529 g/mol. The molecule has 1 atom stereocenters. The number of sulfonamides is 1. The van der Waals surface area contributed by atoms with Crippen LogP contribution in [0.3, 0.4) is 0 Å². The van der Waals surface area contributed by atoms with E-state index >= 15 is 0 Å². The summed E-state index contributed by atoms with van der Waals surface area (Å²) in [5.41, 5.74) is 7.52. The van der Waals surface area contributed by atoms with Crippen molar-refractivity contribution >= 4 is 33.2 Å². The molecule has 3 N–H and O–H groups in total. The Balaban J connectivity index is 1.77. The number of ether oxygens (including phenoxy) is 2. The highest BCUT2D eigenvalue weighted by Crippen LogP contribution is 2.38. The van der Waals surface area contributed by atoms with Gasteiger partial charge in [0.2, 0.25) is 10.0 Å². The largest absolute Gasteiger partial charge is 0.378 e. The van der Waals surface area contributed by atoms with Crippen LogP contribution >= 0.6 is 23.2 Å². The van der Waals surface area contributed by atoms with Gasteiger partial charge in [0.15, 0.2) is 0 Å². The van der Waals surface area contributed by atoms with E-state index in [1.807, 2.05) is 19.2 Å². The Bertz CT molecular complexity index is 1100. The first-order chi connectivity index (χ1) is 16.0. The minimum absolute atomic E-state index is 0.0510. The van der Waals surface area contributed by atoms with Crippen molar-refractivity contribution < 1.29 is 17.9 Å². The Morgan fingerprint density at radius 1 is 1.15 bits per heavy atom. The van der Waals surface area contributed by atoms with Crippen molar-refractivity contribution in [1.82, 2.24) is 9.62 Å². The average Bonchev–Trinajstić information content (AvgIpc) is 2.75. The maximum absolute atomic E-state index is 13.2. The van der Waals surface area contributed by atoms with E-state index in [0.29, 0.717) is 43.0 Å². The second-order valence-electron chi connectivity index (χ2n) is 9.22. The van der Waals surface area contributed by atoms with Gasteiger partial charge in [-0.3, -0.25) is 0 Å². The molecule has 10 heteroatoms. The van der Waals surface area contributed by atoms with Gasteiger partial charge in [0, 0.05) is 35.6 Å². The van der Waals surface area contributed by atoms with Crippen molar-refractivity contribution in [3.63, 3.8) is 0 Å². The number of halogens is 2. The third kappa shape index (κ3) is 7.15. The quantitative estimate of drug-likeness (QED) is 0.431. The number of nitrogens with two attached hydrogens (primary N) is 1. The summed E-state index contributed by atoms with van der Waals surface area (Å²) >= 11 is 12.8. The highest BCUT2D eigenvalue weighted by atomic mass is 35.5. The first kappa shape index (κ1) is 27.4. The van der Waals surface area contributed by atoms with Gasteiger partial charge in [0.25, 0.3) is 0 Å². The fourth-order valence-electron chi connectivity index (χ4n) is 4.11. The van der Waals surface area contributed by atoms with Crippen LogP contribution in [0.4, 0.5) is 0 Å². The summed E-state index contributed by atoms with van der Waals surface area (Å²) in [6.45, 7) is 6.90. The predicted molar refractivity (Wildman–Crippen MR) is 136 cm³/mol. The molecule has 1 aliphatic heterocycles. The van der Waals surface area contributed by atoms with E-state index in [1.165, 1.54) is 0 Å². The number of hydrogen-bond donors (Lipinski definition) is 2. The number of nitrogens with one attached hydrogen (secondary N) is 1. The second kappa shape index (κ2) is 11.7. The van der Waals surface area contributed by atoms with Crippen molar-refractivity contribution in [2.75, 3.05) is 46.6 Å². The standard InChI is InChI=1S/C24H33Cl2N3O4S/c1-24(2,16-33-10-9-32-8-7-27)28-34(30,31)19-6-4-5-17(11-19)21-14-29(3)15-22-20(21)12-18(25)13-23(22)26/h4-6,11-13,21,28H,7-10,14-16,27H2,1-3H3/t21-/m0/s1. The molecule has 0 saturated heterocycles. The molecule has 3 rings (SSSR count). The van der Waals surface area contributed by atoms with Crippen LogP contribution in [0.25, 0.3) is 0 Å². The van der Waals surface area contributed by atoms with Crippen molar-refractivity contribution in [2.45, 2.75) is 36.7 Å². The lowest BCUT2D eigenvalue weighted by atomic mass is 9.85. The third-order valence-electron chi connectivity index (χ3n) is 5.57. The molecule has 0 saturated carbocycles. The van der Waals surface area contributed by atoms with Crippen molar-refractivity contribution in [2.24, 2.45) is 5.73 Å². The van der Waals surface area contributed by atoms with Crippen LogP contribution < -0.4 is 10.5 Å². The Morgan fingerprint density at radius 2 is 1.88 bits per heavy atom. The third-order valence-corrected chi connectivity index (χ3v) is 7.82. The Morgan fingerprint density at radius 3 is 2.62 bits per heavy atom. The molecular formula is C24H33Cl2N3O4S. The van der Waals surface area contributed by atoms with Gasteiger partial charge in [-0.05, 0) is 61.9 Å². The van der Waals surface area contributed by atoms with Crippen LogP contribution in [0.15, 0.2) is 41.3 Å².